The standard InChI is InChI=1S/C24H18ClN/c25-20-16-17-23(19-10-4-1-5-11-19)24(18-20)26(21-12-6-2-7-13-21)22-14-8-3-9-15-22/h1-18H. The molecule has 0 unspecified atom stereocenters. The fraction of sp³-hybridized carbons (Fsp3) is 0. The van der Waals surface area contributed by atoms with Crippen LogP contribution in [0.15, 0.2) is 109 Å². The summed E-state index contributed by atoms with van der Waals surface area (Å²) in [5, 5.41) is 0.719. The van der Waals surface area contributed by atoms with E-state index in [4.69, 9.17) is 11.6 Å². The van der Waals surface area contributed by atoms with Crippen molar-refractivity contribution in [3.63, 3.8) is 0 Å². The molecule has 0 saturated carbocycles. The third kappa shape index (κ3) is 3.35. The van der Waals surface area contributed by atoms with E-state index in [0.29, 0.717) is 0 Å². The summed E-state index contributed by atoms with van der Waals surface area (Å²) in [7, 11) is 0. The zero-order valence-corrected chi connectivity index (χ0v) is 15.0. The summed E-state index contributed by atoms with van der Waals surface area (Å²) >= 11 is 6.40. The first-order chi connectivity index (χ1) is 12.8. The van der Waals surface area contributed by atoms with Crippen molar-refractivity contribution in [2.75, 3.05) is 4.90 Å². The Hall–Kier alpha value is -3.03. The molecular formula is C24H18ClN. The van der Waals surface area contributed by atoms with Crippen LogP contribution in [0.1, 0.15) is 0 Å². The summed E-state index contributed by atoms with van der Waals surface area (Å²) in [6.45, 7) is 0. The Labute approximate surface area is 159 Å². The lowest BCUT2D eigenvalue weighted by Crippen LogP contribution is -2.11. The van der Waals surface area contributed by atoms with Gasteiger partial charge in [0.05, 0.1) is 5.69 Å². The Morgan fingerprint density at radius 1 is 0.538 bits per heavy atom. The van der Waals surface area contributed by atoms with E-state index in [1.807, 2.05) is 30.3 Å². The monoisotopic (exact) mass is 355 g/mol. The second-order valence-electron chi connectivity index (χ2n) is 6.03. The van der Waals surface area contributed by atoms with Crippen molar-refractivity contribution in [1.29, 1.82) is 0 Å². The Morgan fingerprint density at radius 2 is 1.04 bits per heavy atom. The third-order valence-electron chi connectivity index (χ3n) is 4.31. The smallest absolute Gasteiger partial charge is 0.0554 e. The number of hydrogen-bond donors (Lipinski definition) is 0. The van der Waals surface area contributed by atoms with E-state index in [1.54, 1.807) is 0 Å². The molecule has 126 valence electrons. The number of anilines is 3. The fourth-order valence-electron chi connectivity index (χ4n) is 3.13. The maximum atomic E-state index is 6.40. The lowest BCUT2D eigenvalue weighted by atomic mass is 10.0. The fourth-order valence-corrected chi connectivity index (χ4v) is 3.30. The summed E-state index contributed by atoms with van der Waals surface area (Å²) in [6.07, 6.45) is 0. The van der Waals surface area contributed by atoms with E-state index in [-0.39, 0.29) is 0 Å². The minimum atomic E-state index is 0.719. The molecule has 0 aliphatic carbocycles. The maximum absolute atomic E-state index is 6.40. The molecule has 0 aliphatic rings. The van der Waals surface area contributed by atoms with Gasteiger partial charge in [0.1, 0.15) is 0 Å². The van der Waals surface area contributed by atoms with Crippen molar-refractivity contribution in [3.8, 4) is 11.1 Å². The molecule has 1 nitrogen and oxygen atoms in total. The highest BCUT2D eigenvalue weighted by Gasteiger charge is 2.17. The number of hydrogen-bond acceptors (Lipinski definition) is 1. The number of para-hydroxylation sites is 2. The van der Waals surface area contributed by atoms with Gasteiger partial charge in [0.25, 0.3) is 0 Å². The van der Waals surface area contributed by atoms with Crippen LogP contribution >= 0.6 is 11.6 Å². The lowest BCUT2D eigenvalue weighted by Gasteiger charge is -2.28. The number of halogens is 1. The van der Waals surface area contributed by atoms with Gasteiger partial charge >= 0.3 is 0 Å². The third-order valence-corrected chi connectivity index (χ3v) is 4.55. The topological polar surface area (TPSA) is 3.24 Å². The predicted octanol–water partition coefficient (Wildman–Crippen LogP) is 7.48. The first-order valence-electron chi connectivity index (χ1n) is 8.58. The summed E-state index contributed by atoms with van der Waals surface area (Å²) in [5.74, 6) is 0. The normalized spacial score (nSPS) is 10.5. The molecule has 26 heavy (non-hydrogen) atoms. The first kappa shape index (κ1) is 16.4. The Kier molecular flexibility index (Phi) is 4.72. The van der Waals surface area contributed by atoms with Gasteiger partial charge in [-0.05, 0) is 42.0 Å². The van der Waals surface area contributed by atoms with Gasteiger partial charge in [0.15, 0.2) is 0 Å². The first-order valence-corrected chi connectivity index (χ1v) is 8.96. The number of rotatable bonds is 4. The van der Waals surface area contributed by atoms with Crippen LogP contribution in [0.2, 0.25) is 5.02 Å². The molecule has 0 fully saturated rings. The highest BCUT2D eigenvalue weighted by Crippen LogP contribution is 2.41. The molecule has 0 aromatic heterocycles. The predicted molar refractivity (Wildman–Crippen MR) is 112 cm³/mol. The lowest BCUT2D eigenvalue weighted by molar-refractivity contribution is 1.28. The minimum Gasteiger partial charge on any atom is -0.310 e. The van der Waals surface area contributed by atoms with E-state index >= 15 is 0 Å². The van der Waals surface area contributed by atoms with E-state index in [1.165, 1.54) is 0 Å². The number of nitrogens with zero attached hydrogens (tertiary/aromatic N) is 1. The molecule has 0 saturated heterocycles. The summed E-state index contributed by atoms with van der Waals surface area (Å²) in [5.41, 5.74) is 5.55. The van der Waals surface area contributed by atoms with Gasteiger partial charge in [-0.15, -0.1) is 0 Å². The van der Waals surface area contributed by atoms with Crippen LogP contribution in [-0.4, -0.2) is 0 Å². The van der Waals surface area contributed by atoms with Crippen LogP contribution in [-0.2, 0) is 0 Å². The molecule has 0 amide bonds. The van der Waals surface area contributed by atoms with Crippen molar-refractivity contribution in [3.05, 3.63) is 114 Å². The van der Waals surface area contributed by atoms with Gasteiger partial charge < -0.3 is 4.90 Å². The van der Waals surface area contributed by atoms with Gasteiger partial charge in [-0.25, -0.2) is 0 Å². The van der Waals surface area contributed by atoms with E-state index in [9.17, 15) is 0 Å². The molecule has 2 heteroatoms. The van der Waals surface area contributed by atoms with Crippen LogP contribution in [0.25, 0.3) is 11.1 Å². The van der Waals surface area contributed by atoms with Crippen molar-refractivity contribution < 1.29 is 0 Å². The van der Waals surface area contributed by atoms with E-state index < -0.39 is 0 Å². The molecule has 0 N–H and O–H groups in total. The van der Waals surface area contributed by atoms with Crippen molar-refractivity contribution >= 4 is 28.7 Å². The van der Waals surface area contributed by atoms with Gasteiger partial charge in [-0.1, -0.05) is 84.4 Å². The van der Waals surface area contributed by atoms with Crippen molar-refractivity contribution in [1.82, 2.24) is 0 Å². The quantitative estimate of drug-likeness (QED) is 0.367. The van der Waals surface area contributed by atoms with Crippen molar-refractivity contribution in [2.24, 2.45) is 0 Å². The summed E-state index contributed by atoms with van der Waals surface area (Å²) < 4.78 is 0. The largest absolute Gasteiger partial charge is 0.310 e. The van der Waals surface area contributed by atoms with Crippen LogP contribution in [0, 0.1) is 0 Å². The molecule has 0 aliphatic heterocycles. The number of benzene rings is 4. The molecule has 0 heterocycles. The van der Waals surface area contributed by atoms with Crippen LogP contribution in [0.3, 0.4) is 0 Å². The van der Waals surface area contributed by atoms with Crippen molar-refractivity contribution in [2.45, 2.75) is 0 Å². The summed E-state index contributed by atoms with van der Waals surface area (Å²) in [4.78, 5) is 2.24. The molecule has 0 bridgehead atoms. The van der Waals surface area contributed by atoms with Crippen LogP contribution in [0.4, 0.5) is 17.1 Å². The molecule has 0 atom stereocenters. The molecule has 0 spiro atoms. The zero-order valence-electron chi connectivity index (χ0n) is 14.2. The highest BCUT2D eigenvalue weighted by molar-refractivity contribution is 6.31. The highest BCUT2D eigenvalue weighted by atomic mass is 35.5. The zero-order chi connectivity index (χ0) is 17.8. The Balaban J connectivity index is 1.96. The molecule has 0 radical (unpaired) electrons. The van der Waals surface area contributed by atoms with Gasteiger partial charge in [-0.3, -0.25) is 0 Å². The SMILES string of the molecule is Clc1ccc(-c2ccccc2)c(N(c2ccccc2)c2ccccc2)c1. The van der Waals surface area contributed by atoms with Gasteiger partial charge in [0.2, 0.25) is 0 Å². The molecule has 4 aromatic rings. The molecule has 4 rings (SSSR count). The average molecular weight is 356 g/mol. The average Bonchev–Trinajstić information content (AvgIpc) is 2.71. The minimum absolute atomic E-state index is 0.719. The van der Waals surface area contributed by atoms with Crippen LogP contribution < -0.4 is 4.90 Å². The maximum Gasteiger partial charge on any atom is 0.0554 e. The molecule has 4 aromatic carbocycles. The Morgan fingerprint density at radius 3 is 1.58 bits per heavy atom. The van der Waals surface area contributed by atoms with Gasteiger partial charge in [0, 0.05) is 22.0 Å². The summed E-state index contributed by atoms with van der Waals surface area (Å²) in [6, 6.07) is 37.2. The van der Waals surface area contributed by atoms with Gasteiger partial charge in [-0.2, -0.15) is 0 Å². The van der Waals surface area contributed by atoms with E-state index in [0.717, 1.165) is 33.2 Å². The second-order valence-corrected chi connectivity index (χ2v) is 6.47. The van der Waals surface area contributed by atoms with Crippen LogP contribution in [0.5, 0.6) is 0 Å². The van der Waals surface area contributed by atoms with E-state index in [2.05, 4.69) is 83.8 Å². The molecular weight excluding hydrogens is 338 g/mol. The second kappa shape index (κ2) is 7.47. The Bertz CT molecular complexity index is 943.